The normalized spacial score (nSPS) is 15.4. The van der Waals surface area contributed by atoms with Gasteiger partial charge in [-0.1, -0.05) is 42.5 Å². The molecule has 0 aromatic heterocycles. The van der Waals surface area contributed by atoms with Crippen molar-refractivity contribution < 1.29 is 23.9 Å². The van der Waals surface area contributed by atoms with Crippen molar-refractivity contribution in [1.82, 2.24) is 10.2 Å². The Hall–Kier alpha value is -4.13. The number of barbiturate groups is 1. The zero-order chi connectivity index (χ0) is 22.0. The lowest BCUT2D eigenvalue weighted by atomic mass is 10.00. The van der Waals surface area contributed by atoms with Gasteiger partial charge in [-0.25, -0.2) is 4.79 Å². The minimum absolute atomic E-state index is 0.0304. The standard InChI is InChI=1S/C24H20N2O5/c1-30-17-10-7-15(8-11-17)14-26-23(28)20(22(27)25-24(26)29)13-16-9-12-21(31-2)19-6-4-3-5-18(16)19/h3-13H,14H2,1-2H3,(H,25,27,29)/b20-13+. The third kappa shape index (κ3) is 3.85. The van der Waals surface area contributed by atoms with Crippen LogP contribution in [0.1, 0.15) is 11.1 Å². The van der Waals surface area contributed by atoms with Crippen molar-refractivity contribution in [3.8, 4) is 11.5 Å². The number of hydrogen-bond acceptors (Lipinski definition) is 5. The van der Waals surface area contributed by atoms with E-state index in [-0.39, 0.29) is 12.1 Å². The number of carbonyl (C=O) groups excluding carboxylic acids is 3. The molecule has 7 heteroatoms. The summed E-state index contributed by atoms with van der Waals surface area (Å²) in [6.45, 7) is 0.0304. The van der Waals surface area contributed by atoms with Crippen molar-refractivity contribution in [2.45, 2.75) is 6.54 Å². The molecule has 3 aromatic carbocycles. The van der Waals surface area contributed by atoms with E-state index in [1.54, 1.807) is 50.6 Å². The Morgan fingerprint density at radius 1 is 0.871 bits per heavy atom. The number of ether oxygens (including phenoxy) is 2. The lowest BCUT2D eigenvalue weighted by Crippen LogP contribution is -2.53. The molecule has 3 aromatic rings. The highest BCUT2D eigenvalue weighted by Gasteiger charge is 2.35. The molecule has 1 N–H and O–H groups in total. The topological polar surface area (TPSA) is 84.9 Å². The van der Waals surface area contributed by atoms with Crippen LogP contribution in [0.4, 0.5) is 4.79 Å². The molecule has 1 heterocycles. The van der Waals surface area contributed by atoms with E-state index in [0.29, 0.717) is 17.1 Å². The molecule has 0 radical (unpaired) electrons. The smallest absolute Gasteiger partial charge is 0.331 e. The lowest BCUT2D eigenvalue weighted by molar-refractivity contribution is -0.130. The Bertz CT molecular complexity index is 1210. The van der Waals surface area contributed by atoms with Crippen LogP contribution in [0.2, 0.25) is 0 Å². The quantitative estimate of drug-likeness (QED) is 0.508. The largest absolute Gasteiger partial charge is 0.497 e. The van der Waals surface area contributed by atoms with Crippen LogP contribution in [0.15, 0.2) is 66.2 Å². The Labute approximate surface area is 178 Å². The van der Waals surface area contributed by atoms with Gasteiger partial charge in [0.2, 0.25) is 0 Å². The fourth-order valence-electron chi connectivity index (χ4n) is 3.51. The maximum absolute atomic E-state index is 13.1. The zero-order valence-electron chi connectivity index (χ0n) is 17.0. The average Bonchev–Trinajstić information content (AvgIpc) is 2.79. The maximum Gasteiger partial charge on any atom is 0.331 e. The summed E-state index contributed by atoms with van der Waals surface area (Å²) < 4.78 is 10.5. The Balaban J connectivity index is 1.70. The number of carbonyl (C=O) groups is 3. The number of amides is 4. The second-order valence-corrected chi connectivity index (χ2v) is 6.96. The number of imide groups is 2. The van der Waals surface area contributed by atoms with Crippen LogP contribution < -0.4 is 14.8 Å². The number of methoxy groups -OCH3 is 2. The predicted octanol–water partition coefficient (Wildman–Crippen LogP) is 3.52. The molecule has 1 aliphatic rings. The van der Waals surface area contributed by atoms with Crippen LogP contribution in [0.25, 0.3) is 16.8 Å². The number of rotatable bonds is 5. The first-order chi connectivity index (χ1) is 15.0. The highest BCUT2D eigenvalue weighted by Crippen LogP contribution is 2.30. The van der Waals surface area contributed by atoms with Crippen molar-refractivity contribution >= 4 is 34.7 Å². The number of nitrogens with one attached hydrogen (secondary N) is 1. The Kier molecular flexibility index (Phi) is 5.41. The van der Waals surface area contributed by atoms with Crippen molar-refractivity contribution in [2.75, 3.05) is 14.2 Å². The van der Waals surface area contributed by atoms with Crippen molar-refractivity contribution in [3.05, 3.63) is 77.4 Å². The molecule has 31 heavy (non-hydrogen) atoms. The van der Waals surface area contributed by atoms with Crippen LogP contribution in [-0.2, 0) is 16.1 Å². The molecule has 1 aliphatic heterocycles. The summed E-state index contributed by atoms with van der Waals surface area (Å²) in [5.74, 6) is -0.0147. The zero-order valence-corrected chi connectivity index (χ0v) is 17.0. The highest BCUT2D eigenvalue weighted by molar-refractivity contribution is 6.31. The highest BCUT2D eigenvalue weighted by atomic mass is 16.5. The van der Waals surface area contributed by atoms with E-state index >= 15 is 0 Å². The molecule has 0 unspecified atom stereocenters. The molecular weight excluding hydrogens is 396 g/mol. The Morgan fingerprint density at radius 2 is 1.58 bits per heavy atom. The van der Waals surface area contributed by atoms with Crippen molar-refractivity contribution in [2.24, 2.45) is 0 Å². The molecule has 7 nitrogen and oxygen atoms in total. The molecule has 0 aliphatic carbocycles. The number of hydrogen-bond donors (Lipinski definition) is 1. The van der Waals surface area contributed by atoms with Crippen LogP contribution in [-0.4, -0.2) is 37.0 Å². The van der Waals surface area contributed by atoms with Gasteiger partial charge in [0.1, 0.15) is 17.1 Å². The van der Waals surface area contributed by atoms with E-state index in [2.05, 4.69) is 5.32 Å². The van der Waals surface area contributed by atoms with Crippen LogP contribution >= 0.6 is 0 Å². The van der Waals surface area contributed by atoms with E-state index in [9.17, 15) is 14.4 Å². The molecular formula is C24H20N2O5. The molecule has 1 fully saturated rings. The molecule has 156 valence electrons. The van der Waals surface area contributed by atoms with E-state index in [0.717, 1.165) is 21.2 Å². The molecule has 1 saturated heterocycles. The molecule has 0 atom stereocenters. The fourth-order valence-corrected chi connectivity index (χ4v) is 3.51. The summed E-state index contributed by atoms with van der Waals surface area (Å²) in [6, 6.07) is 17.4. The minimum Gasteiger partial charge on any atom is -0.497 e. The van der Waals surface area contributed by atoms with Gasteiger partial charge in [0.05, 0.1) is 20.8 Å². The van der Waals surface area contributed by atoms with Crippen LogP contribution in [0, 0.1) is 0 Å². The number of urea groups is 1. The third-order valence-corrected chi connectivity index (χ3v) is 5.12. The Morgan fingerprint density at radius 3 is 2.26 bits per heavy atom. The van der Waals surface area contributed by atoms with Gasteiger partial charge in [-0.05, 0) is 40.8 Å². The maximum atomic E-state index is 13.1. The van der Waals surface area contributed by atoms with Crippen LogP contribution in [0.5, 0.6) is 11.5 Å². The summed E-state index contributed by atoms with van der Waals surface area (Å²) in [5, 5.41) is 3.94. The second-order valence-electron chi connectivity index (χ2n) is 6.96. The van der Waals surface area contributed by atoms with E-state index in [1.165, 1.54) is 6.08 Å². The summed E-state index contributed by atoms with van der Waals surface area (Å²) in [4.78, 5) is 38.9. The lowest BCUT2D eigenvalue weighted by Gasteiger charge is -2.26. The van der Waals surface area contributed by atoms with Gasteiger partial charge in [0.25, 0.3) is 11.8 Å². The van der Waals surface area contributed by atoms with Crippen molar-refractivity contribution in [3.63, 3.8) is 0 Å². The molecule has 0 saturated carbocycles. The average molecular weight is 416 g/mol. The van der Waals surface area contributed by atoms with Crippen molar-refractivity contribution in [1.29, 1.82) is 0 Å². The summed E-state index contributed by atoms with van der Waals surface area (Å²) >= 11 is 0. The van der Waals surface area contributed by atoms with Gasteiger partial charge in [0.15, 0.2) is 0 Å². The first-order valence-electron chi connectivity index (χ1n) is 9.59. The summed E-state index contributed by atoms with van der Waals surface area (Å²) in [5.41, 5.74) is 1.30. The number of benzene rings is 3. The number of fused-ring (bicyclic) bond motifs is 1. The SMILES string of the molecule is COc1ccc(CN2C(=O)NC(=O)/C(=C\c3ccc(OC)c4ccccc34)C2=O)cc1. The summed E-state index contributed by atoms with van der Waals surface area (Å²) in [6.07, 6.45) is 1.51. The van der Waals surface area contributed by atoms with Gasteiger partial charge < -0.3 is 9.47 Å². The number of nitrogens with zero attached hydrogens (tertiary/aromatic N) is 1. The molecule has 0 bridgehead atoms. The first-order valence-corrected chi connectivity index (χ1v) is 9.59. The van der Waals surface area contributed by atoms with E-state index < -0.39 is 17.8 Å². The molecule has 0 spiro atoms. The molecule has 4 amide bonds. The monoisotopic (exact) mass is 416 g/mol. The predicted molar refractivity (Wildman–Crippen MR) is 116 cm³/mol. The van der Waals surface area contributed by atoms with Gasteiger partial charge >= 0.3 is 6.03 Å². The molecule has 4 rings (SSSR count). The van der Waals surface area contributed by atoms with E-state index in [1.807, 2.05) is 24.3 Å². The van der Waals surface area contributed by atoms with Gasteiger partial charge in [0, 0.05) is 5.39 Å². The summed E-state index contributed by atoms with van der Waals surface area (Å²) in [7, 11) is 3.14. The third-order valence-electron chi connectivity index (χ3n) is 5.12. The van der Waals surface area contributed by atoms with Gasteiger partial charge in [-0.15, -0.1) is 0 Å². The first kappa shape index (κ1) is 20.2. The van der Waals surface area contributed by atoms with Gasteiger partial charge in [-0.3, -0.25) is 19.8 Å². The van der Waals surface area contributed by atoms with Crippen LogP contribution in [0.3, 0.4) is 0 Å². The second kappa shape index (κ2) is 8.31. The van der Waals surface area contributed by atoms with Gasteiger partial charge in [-0.2, -0.15) is 0 Å². The fraction of sp³-hybridized carbons (Fsp3) is 0.125. The van der Waals surface area contributed by atoms with E-state index in [4.69, 9.17) is 9.47 Å². The minimum atomic E-state index is -0.748.